The Hall–Kier alpha value is -3.33. The highest BCUT2D eigenvalue weighted by molar-refractivity contribution is 6.59. The summed E-state index contributed by atoms with van der Waals surface area (Å²) in [5.74, 6) is 6.42. The highest BCUT2D eigenvalue weighted by Crippen LogP contribution is 2.22. The summed E-state index contributed by atoms with van der Waals surface area (Å²) in [7, 11) is -0.146. The molecule has 0 radical (unpaired) electrons. The number of piperidine rings is 1. The van der Waals surface area contributed by atoms with Crippen molar-refractivity contribution in [1.29, 1.82) is 0 Å². The molecule has 4 rings (SSSR count). The lowest BCUT2D eigenvalue weighted by Crippen LogP contribution is -2.44. The molecule has 0 aliphatic carbocycles. The molecule has 11 heteroatoms. The van der Waals surface area contributed by atoms with Crippen LogP contribution in [0.4, 0.5) is 5.95 Å². The third-order valence-electron chi connectivity index (χ3n) is 6.03. The molecule has 10 nitrogen and oxygen atoms in total. The fraction of sp³-hybridized carbons (Fsp3) is 0.409. The number of fused-ring (bicyclic) bond motifs is 1. The van der Waals surface area contributed by atoms with Crippen LogP contribution in [0.1, 0.15) is 25.3 Å². The largest absolute Gasteiger partial charge is 0.488 e. The van der Waals surface area contributed by atoms with Gasteiger partial charge in [0, 0.05) is 26.2 Å². The van der Waals surface area contributed by atoms with Crippen molar-refractivity contribution in [2.24, 2.45) is 12.8 Å². The number of hydrogen-bond acceptors (Lipinski definition) is 7. The Balaban J connectivity index is 1.93. The predicted octanol–water partition coefficient (Wildman–Crippen LogP) is -1.42. The molecule has 0 spiro atoms. The van der Waals surface area contributed by atoms with Crippen LogP contribution in [-0.4, -0.2) is 55.0 Å². The molecule has 0 bridgehead atoms. The predicted molar refractivity (Wildman–Crippen MR) is 127 cm³/mol. The third kappa shape index (κ3) is 4.20. The minimum Gasteiger partial charge on any atom is -0.423 e. The molecule has 1 fully saturated rings. The zero-order chi connectivity index (χ0) is 23.7. The van der Waals surface area contributed by atoms with Gasteiger partial charge in [-0.25, -0.2) is 4.79 Å². The molecule has 0 unspecified atom stereocenters. The number of benzene rings is 1. The van der Waals surface area contributed by atoms with Crippen LogP contribution in [0.25, 0.3) is 11.2 Å². The number of aryl methyl sites for hydroxylation is 1. The second kappa shape index (κ2) is 9.27. The van der Waals surface area contributed by atoms with Gasteiger partial charge in [0.25, 0.3) is 5.56 Å². The lowest BCUT2D eigenvalue weighted by Gasteiger charge is -2.31. The van der Waals surface area contributed by atoms with E-state index in [1.807, 2.05) is 4.90 Å². The van der Waals surface area contributed by atoms with E-state index >= 15 is 0 Å². The monoisotopic (exact) mass is 450 g/mol. The Labute approximate surface area is 191 Å². The van der Waals surface area contributed by atoms with Crippen molar-refractivity contribution in [3.63, 3.8) is 0 Å². The summed E-state index contributed by atoms with van der Waals surface area (Å²) in [5.41, 5.74) is 6.38. The molecule has 33 heavy (non-hydrogen) atoms. The standard InChI is InChI=1S/C22H27BN6O4/c1-3-4-12-28-18-19(25-21(28)27-11-7-9-16(24)14-27)26(2)22(31)29(20(18)30)13-15-8-5-6-10-17(15)23(32)33/h5-6,8,10,16,32-33H,7,9,11-14,24H2,1-2H3/t16-/m1/s1. The molecule has 2 aromatic heterocycles. The number of rotatable bonds is 5. The average Bonchev–Trinajstić information content (AvgIpc) is 3.19. The molecule has 1 aromatic carbocycles. The van der Waals surface area contributed by atoms with Gasteiger partial charge in [-0.1, -0.05) is 30.2 Å². The lowest BCUT2D eigenvalue weighted by molar-refractivity contribution is 0.425. The number of nitrogens with two attached hydrogens (primary N) is 1. The fourth-order valence-electron chi connectivity index (χ4n) is 4.34. The fourth-order valence-corrected chi connectivity index (χ4v) is 4.34. The van der Waals surface area contributed by atoms with Gasteiger partial charge in [-0.2, -0.15) is 4.98 Å². The maximum absolute atomic E-state index is 13.6. The first-order valence-corrected chi connectivity index (χ1v) is 10.9. The van der Waals surface area contributed by atoms with Crippen LogP contribution in [0.3, 0.4) is 0 Å². The van der Waals surface area contributed by atoms with Crippen molar-refractivity contribution < 1.29 is 10.0 Å². The first-order chi connectivity index (χ1) is 15.8. The molecule has 1 aliphatic rings. The van der Waals surface area contributed by atoms with Crippen molar-refractivity contribution >= 4 is 29.7 Å². The van der Waals surface area contributed by atoms with Crippen molar-refractivity contribution in [1.82, 2.24) is 18.7 Å². The van der Waals surface area contributed by atoms with E-state index in [1.54, 1.807) is 42.8 Å². The number of hydrogen-bond donors (Lipinski definition) is 3. The van der Waals surface area contributed by atoms with Crippen LogP contribution in [0.15, 0.2) is 33.9 Å². The Morgan fingerprint density at radius 3 is 2.70 bits per heavy atom. The molecule has 3 aromatic rings. The molecule has 172 valence electrons. The Kier molecular flexibility index (Phi) is 6.42. The van der Waals surface area contributed by atoms with Gasteiger partial charge in [-0.3, -0.25) is 18.5 Å². The average molecular weight is 450 g/mol. The quantitative estimate of drug-likeness (QED) is 0.321. The van der Waals surface area contributed by atoms with E-state index in [0.717, 1.165) is 24.0 Å². The van der Waals surface area contributed by atoms with Crippen molar-refractivity contribution in [3.05, 3.63) is 50.7 Å². The van der Waals surface area contributed by atoms with Crippen LogP contribution in [-0.2, 0) is 20.1 Å². The van der Waals surface area contributed by atoms with E-state index in [4.69, 9.17) is 5.73 Å². The van der Waals surface area contributed by atoms with Gasteiger partial charge in [0.2, 0.25) is 5.95 Å². The second-order valence-corrected chi connectivity index (χ2v) is 8.25. The number of aromatic nitrogens is 4. The first-order valence-electron chi connectivity index (χ1n) is 10.9. The summed E-state index contributed by atoms with van der Waals surface area (Å²) in [4.78, 5) is 33.5. The van der Waals surface area contributed by atoms with Gasteiger partial charge in [0.05, 0.1) is 13.1 Å². The van der Waals surface area contributed by atoms with Crippen molar-refractivity contribution in [3.8, 4) is 11.8 Å². The van der Waals surface area contributed by atoms with E-state index in [2.05, 4.69) is 16.8 Å². The summed E-state index contributed by atoms with van der Waals surface area (Å²) < 4.78 is 4.18. The molecule has 0 amide bonds. The third-order valence-corrected chi connectivity index (χ3v) is 6.03. The molecule has 1 atom stereocenters. The van der Waals surface area contributed by atoms with Gasteiger partial charge in [-0.05, 0) is 30.8 Å². The maximum atomic E-state index is 13.6. The zero-order valence-corrected chi connectivity index (χ0v) is 18.7. The summed E-state index contributed by atoms with van der Waals surface area (Å²) >= 11 is 0. The summed E-state index contributed by atoms with van der Waals surface area (Å²) in [6.45, 7) is 3.21. The van der Waals surface area contributed by atoms with Gasteiger partial charge in [0.1, 0.15) is 0 Å². The Morgan fingerprint density at radius 2 is 2.00 bits per heavy atom. The summed E-state index contributed by atoms with van der Waals surface area (Å²) in [6.07, 6.45) is 1.83. The highest BCUT2D eigenvalue weighted by atomic mass is 16.4. The van der Waals surface area contributed by atoms with E-state index in [-0.39, 0.29) is 35.8 Å². The van der Waals surface area contributed by atoms with Crippen molar-refractivity contribution in [2.45, 2.75) is 38.9 Å². The van der Waals surface area contributed by atoms with Crippen LogP contribution in [0.5, 0.6) is 0 Å². The molecular weight excluding hydrogens is 423 g/mol. The lowest BCUT2D eigenvalue weighted by atomic mass is 9.77. The smallest absolute Gasteiger partial charge is 0.423 e. The number of imidazole rings is 1. The van der Waals surface area contributed by atoms with E-state index in [0.29, 0.717) is 18.1 Å². The first kappa shape index (κ1) is 22.9. The summed E-state index contributed by atoms with van der Waals surface area (Å²) in [6, 6.07) is 6.59. The van der Waals surface area contributed by atoms with Crippen LogP contribution < -0.4 is 27.3 Å². The molecule has 4 N–H and O–H groups in total. The van der Waals surface area contributed by atoms with Crippen molar-refractivity contribution in [2.75, 3.05) is 18.0 Å². The Bertz CT molecular complexity index is 1360. The van der Waals surface area contributed by atoms with Gasteiger partial charge >= 0.3 is 12.8 Å². The van der Waals surface area contributed by atoms with E-state index < -0.39 is 18.4 Å². The normalized spacial score (nSPS) is 16.0. The molecule has 1 aliphatic heterocycles. The zero-order valence-electron chi connectivity index (χ0n) is 18.7. The molecular formula is C22H27BN6O4. The summed E-state index contributed by atoms with van der Waals surface area (Å²) in [5, 5.41) is 19.4. The highest BCUT2D eigenvalue weighted by Gasteiger charge is 2.26. The van der Waals surface area contributed by atoms with Crippen LogP contribution in [0, 0.1) is 11.8 Å². The minimum absolute atomic E-state index is 0.00570. The number of nitrogens with zero attached hydrogens (tertiary/aromatic N) is 5. The second-order valence-electron chi connectivity index (χ2n) is 8.25. The SMILES string of the molecule is CC#CCn1c(N2CCC[C@@H](N)C2)nc2c1c(=O)n(Cc1ccccc1B(O)O)c(=O)n2C. The van der Waals surface area contributed by atoms with Gasteiger partial charge in [-0.15, -0.1) is 5.92 Å². The van der Waals surface area contributed by atoms with E-state index in [1.165, 1.54) is 4.57 Å². The molecule has 1 saturated heterocycles. The molecule has 0 saturated carbocycles. The van der Waals surface area contributed by atoms with Gasteiger partial charge < -0.3 is 20.7 Å². The van der Waals surface area contributed by atoms with Crippen LogP contribution >= 0.6 is 0 Å². The van der Waals surface area contributed by atoms with Gasteiger partial charge in [0.15, 0.2) is 11.2 Å². The molecule has 3 heterocycles. The maximum Gasteiger partial charge on any atom is 0.488 e. The van der Waals surface area contributed by atoms with Crippen LogP contribution in [0.2, 0.25) is 0 Å². The minimum atomic E-state index is -1.72. The van der Waals surface area contributed by atoms with E-state index in [9.17, 15) is 19.6 Å². The Morgan fingerprint density at radius 1 is 1.24 bits per heavy atom. The topological polar surface area (TPSA) is 132 Å². The number of anilines is 1.